The van der Waals surface area contributed by atoms with Crippen molar-refractivity contribution in [3.05, 3.63) is 22.8 Å². The van der Waals surface area contributed by atoms with E-state index in [1.54, 1.807) is 19.1 Å². The number of ether oxygens (including phenoxy) is 1. The van der Waals surface area contributed by atoms with Crippen LogP contribution in [0.3, 0.4) is 0 Å². The number of benzene rings is 1. The van der Waals surface area contributed by atoms with Crippen LogP contribution in [0.4, 0.5) is 5.69 Å². The lowest BCUT2D eigenvalue weighted by Crippen LogP contribution is -2.26. The average molecular weight is 237 g/mol. The number of rotatable bonds is 4. The Morgan fingerprint density at radius 3 is 2.41 bits per heavy atom. The Morgan fingerprint density at radius 2 is 1.94 bits per heavy atom. The highest BCUT2D eigenvalue weighted by molar-refractivity contribution is 5.77. The molecule has 94 valence electrons. The number of hydrogen-bond donors (Lipinski definition) is 1. The summed E-state index contributed by atoms with van der Waals surface area (Å²) in [5.41, 5.74) is 4.06. The lowest BCUT2D eigenvalue weighted by molar-refractivity contribution is -0.135. The van der Waals surface area contributed by atoms with Crippen LogP contribution in [-0.2, 0) is 4.79 Å². The second-order valence-electron chi connectivity index (χ2n) is 4.27. The Kier molecular flexibility index (Phi) is 3.99. The van der Waals surface area contributed by atoms with E-state index in [0.717, 1.165) is 28.1 Å². The molecule has 0 bridgehead atoms. The van der Waals surface area contributed by atoms with Gasteiger partial charge in [-0.15, -0.1) is 0 Å². The lowest BCUT2D eigenvalue weighted by atomic mass is 10.0. The first-order valence-electron chi connectivity index (χ1n) is 5.46. The van der Waals surface area contributed by atoms with Crippen molar-refractivity contribution in [2.75, 3.05) is 25.6 Å². The molecule has 0 aliphatic carbocycles. The van der Waals surface area contributed by atoms with Crippen LogP contribution >= 0.6 is 0 Å². The van der Waals surface area contributed by atoms with Crippen molar-refractivity contribution in [3.63, 3.8) is 0 Å². The molecule has 1 rings (SSSR count). The molecule has 0 heterocycles. The number of carbonyl (C=O) groups is 1. The summed E-state index contributed by atoms with van der Waals surface area (Å²) in [6, 6.07) is 2.05. The predicted octanol–water partition coefficient (Wildman–Crippen LogP) is 2.14. The third-order valence-corrected chi connectivity index (χ3v) is 2.91. The number of carboxylic acids is 1. The fourth-order valence-electron chi connectivity index (χ4n) is 2.04. The maximum Gasteiger partial charge on any atom is 0.323 e. The van der Waals surface area contributed by atoms with Gasteiger partial charge in [-0.05, 0) is 37.5 Å². The van der Waals surface area contributed by atoms with Gasteiger partial charge >= 0.3 is 5.97 Å². The number of methoxy groups -OCH3 is 1. The zero-order valence-corrected chi connectivity index (χ0v) is 11.0. The normalized spacial score (nSPS) is 10.2. The summed E-state index contributed by atoms with van der Waals surface area (Å²) < 4.78 is 5.41. The van der Waals surface area contributed by atoms with E-state index >= 15 is 0 Å². The zero-order valence-electron chi connectivity index (χ0n) is 11.0. The van der Waals surface area contributed by atoms with E-state index in [9.17, 15) is 4.79 Å². The highest BCUT2D eigenvalue weighted by Crippen LogP contribution is 2.36. The Labute approximate surface area is 102 Å². The first-order valence-corrected chi connectivity index (χ1v) is 5.46. The first kappa shape index (κ1) is 13.4. The van der Waals surface area contributed by atoms with Gasteiger partial charge in [-0.25, -0.2) is 0 Å². The molecule has 0 aliphatic rings. The molecule has 0 aromatic heterocycles. The van der Waals surface area contributed by atoms with E-state index in [-0.39, 0.29) is 6.54 Å². The smallest absolute Gasteiger partial charge is 0.323 e. The molecule has 1 aromatic rings. The molecule has 4 heteroatoms. The van der Waals surface area contributed by atoms with Gasteiger partial charge < -0.3 is 14.7 Å². The summed E-state index contributed by atoms with van der Waals surface area (Å²) in [5.74, 6) is -0.0987. The third-order valence-electron chi connectivity index (χ3n) is 2.91. The van der Waals surface area contributed by atoms with E-state index in [4.69, 9.17) is 9.84 Å². The summed E-state index contributed by atoms with van der Waals surface area (Å²) in [6.07, 6.45) is 0. The quantitative estimate of drug-likeness (QED) is 0.871. The van der Waals surface area contributed by atoms with E-state index < -0.39 is 5.97 Å². The third kappa shape index (κ3) is 2.70. The fraction of sp³-hybridized carbons (Fsp3) is 0.462. The maximum absolute atomic E-state index is 10.8. The van der Waals surface area contributed by atoms with Crippen LogP contribution < -0.4 is 9.64 Å². The summed E-state index contributed by atoms with van der Waals surface area (Å²) in [6.45, 7) is 5.92. The topological polar surface area (TPSA) is 49.8 Å². The van der Waals surface area contributed by atoms with Gasteiger partial charge in [0.15, 0.2) is 0 Å². The standard InChI is InChI=1S/C13H19NO3/c1-8-6-9(2)12(13(17-5)10(8)3)14(4)7-11(15)16/h6H,7H2,1-5H3,(H,15,16). The van der Waals surface area contributed by atoms with Crippen LogP contribution in [0.2, 0.25) is 0 Å². The molecule has 0 radical (unpaired) electrons. The molecular weight excluding hydrogens is 218 g/mol. The minimum Gasteiger partial charge on any atom is -0.494 e. The summed E-state index contributed by atoms with van der Waals surface area (Å²) in [7, 11) is 3.37. The number of carboxylic acid groups (broad SMARTS) is 1. The van der Waals surface area contributed by atoms with Crippen LogP contribution in [0, 0.1) is 20.8 Å². The zero-order chi connectivity index (χ0) is 13.2. The largest absolute Gasteiger partial charge is 0.494 e. The molecular formula is C13H19NO3. The summed E-state index contributed by atoms with van der Waals surface area (Å²) in [5, 5.41) is 8.84. The Bertz CT molecular complexity index is 441. The van der Waals surface area contributed by atoms with Crippen LogP contribution in [0.5, 0.6) is 5.75 Å². The van der Waals surface area contributed by atoms with Crippen molar-refractivity contribution in [3.8, 4) is 5.75 Å². The molecule has 1 aromatic carbocycles. The highest BCUT2D eigenvalue weighted by atomic mass is 16.5. The molecule has 17 heavy (non-hydrogen) atoms. The minimum atomic E-state index is -0.854. The number of likely N-dealkylation sites (N-methyl/N-ethyl adjacent to an activating group) is 1. The second-order valence-corrected chi connectivity index (χ2v) is 4.27. The average Bonchev–Trinajstić information content (AvgIpc) is 2.21. The number of aryl methyl sites for hydroxylation is 2. The molecule has 0 saturated carbocycles. The molecule has 0 amide bonds. The van der Waals surface area contributed by atoms with Gasteiger partial charge in [-0.2, -0.15) is 0 Å². The number of nitrogens with zero attached hydrogens (tertiary/aromatic N) is 1. The molecule has 0 saturated heterocycles. The van der Waals surface area contributed by atoms with E-state index in [1.807, 2.05) is 26.8 Å². The lowest BCUT2D eigenvalue weighted by Gasteiger charge is -2.24. The van der Waals surface area contributed by atoms with E-state index in [1.165, 1.54) is 0 Å². The van der Waals surface area contributed by atoms with Crippen molar-refractivity contribution >= 4 is 11.7 Å². The maximum atomic E-state index is 10.8. The van der Waals surface area contributed by atoms with Crippen LogP contribution in [0.1, 0.15) is 16.7 Å². The molecule has 0 fully saturated rings. The second kappa shape index (κ2) is 5.08. The molecule has 0 atom stereocenters. The van der Waals surface area contributed by atoms with Crippen molar-refractivity contribution in [2.24, 2.45) is 0 Å². The summed E-state index contributed by atoms with van der Waals surface area (Å²) in [4.78, 5) is 12.5. The molecule has 0 aliphatic heterocycles. The number of aliphatic carboxylic acids is 1. The van der Waals surface area contributed by atoms with Gasteiger partial charge in [-0.3, -0.25) is 4.79 Å². The monoisotopic (exact) mass is 237 g/mol. The SMILES string of the molecule is COc1c(C)c(C)cc(C)c1N(C)CC(=O)O. The Balaban J connectivity index is 3.31. The predicted molar refractivity (Wildman–Crippen MR) is 68.1 cm³/mol. The van der Waals surface area contributed by atoms with Gasteiger partial charge in [0.1, 0.15) is 12.3 Å². The molecule has 4 nitrogen and oxygen atoms in total. The molecule has 0 spiro atoms. The van der Waals surface area contributed by atoms with Crippen molar-refractivity contribution in [2.45, 2.75) is 20.8 Å². The Hall–Kier alpha value is -1.71. The Morgan fingerprint density at radius 1 is 1.35 bits per heavy atom. The van der Waals surface area contributed by atoms with Gasteiger partial charge in [0.2, 0.25) is 0 Å². The van der Waals surface area contributed by atoms with Crippen LogP contribution in [0.15, 0.2) is 6.07 Å². The minimum absolute atomic E-state index is 0.0420. The number of anilines is 1. The highest BCUT2D eigenvalue weighted by Gasteiger charge is 2.17. The van der Waals surface area contributed by atoms with Crippen molar-refractivity contribution in [1.29, 1.82) is 0 Å². The van der Waals surface area contributed by atoms with Crippen LogP contribution in [-0.4, -0.2) is 31.8 Å². The number of hydrogen-bond acceptors (Lipinski definition) is 3. The van der Waals surface area contributed by atoms with Gasteiger partial charge in [0, 0.05) is 7.05 Å². The van der Waals surface area contributed by atoms with Crippen molar-refractivity contribution < 1.29 is 14.6 Å². The van der Waals surface area contributed by atoms with Gasteiger partial charge in [0.05, 0.1) is 12.8 Å². The summed E-state index contributed by atoms with van der Waals surface area (Å²) >= 11 is 0. The molecule has 1 N–H and O–H groups in total. The van der Waals surface area contributed by atoms with E-state index in [0.29, 0.717) is 0 Å². The first-order chi connectivity index (χ1) is 7.88. The van der Waals surface area contributed by atoms with Crippen LogP contribution in [0.25, 0.3) is 0 Å². The van der Waals surface area contributed by atoms with Gasteiger partial charge in [0.25, 0.3) is 0 Å². The van der Waals surface area contributed by atoms with Gasteiger partial charge in [-0.1, -0.05) is 6.07 Å². The van der Waals surface area contributed by atoms with Crippen molar-refractivity contribution in [1.82, 2.24) is 0 Å². The fourth-order valence-corrected chi connectivity index (χ4v) is 2.04. The molecule has 0 unspecified atom stereocenters. The van der Waals surface area contributed by atoms with E-state index in [2.05, 4.69) is 0 Å².